The van der Waals surface area contributed by atoms with Crippen LogP contribution in [0.25, 0.3) is 0 Å². The van der Waals surface area contributed by atoms with Crippen molar-refractivity contribution in [3.63, 3.8) is 0 Å². The minimum Gasteiger partial charge on any atom is -0.473 e. The number of rotatable bonds is 6. The third kappa shape index (κ3) is 9.41. The molecule has 1 fully saturated rings. The third-order valence-corrected chi connectivity index (χ3v) is 4.89. The van der Waals surface area contributed by atoms with Crippen LogP contribution >= 0.6 is 0 Å². The van der Waals surface area contributed by atoms with E-state index in [1.54, 1.807) is 0 Å². The van der Waals surface area contributed by atoms with Crippen molar-refractivity contribution < 1.29 is 24.6 Å². The Labute approximate surface area is 182 Å². The van der Waals surface area contributed by atoms with Crippen molar-refractivity contribution in [1.29, 1.82) is 0 Å². The molecule has 0 bridgehead atoms. The van der Waals surface area contributed by atoms with Crippen LogP contribution in [0, 0.1) is 6.92 Å². The predicted molar refractivity (Wildman–Crippen MR) is 118 cm³/mol. The van der Waals surface area contributed by atoms with Gasteiger partial charge in [0.2, 0.25) is 5.91 Å². The molecule has 2 aromatic carbocycles. The van der Waals surface area contributed by atoms with Gasteiger partial charge in [-0.25, -0.2) is 9.59 Å². The number of carbonyl (C=O) groups excluding carboxylic acids is 1. The van der Waals surface area contributed by atoms with E-state index in [-0.39, 0.29) is 5.91 Å². The van der Waals surface area contributed by atoms with E-state index < -0.39 is 11.9 Å². The number of nitrogens with zero attached hydrogens (tertiary/aromatic N) is 2. The number of anilines is 1. The largest absolute Gasteiger partial charge is 0.473 e. The SMILES string of the molecule is Cc1ccc(NC(=O)CCN2CCN(Cc3ccccc3)CC2)cc1.O=C(O)C(=O)O. The first-order valence-corrected chi connectivity index (χ1v) is 10.1. The number of hydrogen-bond donors (Lipinski definition) is 3. The second kappa shape index (κ2) is 12.5. The third-order valence-electron chi connectivity index (χ3n) is 4.89. The standard InChI is InChI=1S/C21H27N3O.C2H2O4/c1-18-7-9-20(10-8-18)22-21(25)11-12-23-13-15-24(16-14-23)17-19-5-3-2-4-6-19;3-1(4)2(5)6/h2-10H,11-17H2,1H3,(H,22,25);(H,3,4)(H,5,6). The lowest BCUT2D eigenvalue weighted by atomic mass is 10.2. The highest BCUT2D eigenvalue weighted by molar-refractivity contribution is 6.27. The van der Waals surface area contributed by atoms with Gasteiger partial charge >= 0.3 is 11.9 Å². The maximum Gasteiger partial charge on any atom is 0.414 e. The van der Waals surface area contributed by atoms with Gasteiger partial charge < -0.3 is 20.4 Å². The zero-order valence-corrected chi connectivity index (χ0v) is 17.7. The first-order valence-electron chi connectivity index (χ1n) is 10.1. The molecule has 0 atom stereocenters. The summed E-state index contributed by atoms with van der Waals surface area (Å²) < 4.78 is 0. The molecule has 8 nitrogen and oxygen atoms in total. The van der Waals surface area contributed by atoms with Gasteiger partial charge in [0.15, 0.2) is 0 Å². The molecule has 1 saturated heterocycles. The van der Waals surface area contributed by atoms with Gasteiger partial charge in [0.1, 0.15) is 0 Å². The predicted octanol–water partition coefficient (Wildman–Crippen LogP) is 2.30. The lowest BCUT2D eigenvalue weighted by Gasteiger charge is -2.34. The molecular formula is C23H29N3O5. The fourth-order valence-electron chi connectivity index (χ4n) is 3.13. The summed E-state index contributed by atoms with van der Waals surface area (Å²) in [6.07, 6.45) is 0.548. The second-order valence-corrected chi connectivity index (χ2v) is 7.38. The van der Waals surface area contributed by atoms with E-state index in [0.29, 0.717) is 6.42 Å². The second-order valence-electron chi connectivity index (χ2n) is 7.38. The highest BCUT2D eigenvalue weighted by atomic mass is 16.4. The van der Waals surface area contributed by atoms with Crippen LogP contribution in [0.1, 0.15) is 17.5 Å². The number of carboxylic acid groups (broad SMARTS) is 2. The number of piperazine rings is 1. The van der Waals surface area contributed by atoms with E-state index >= 15 is 0 Å². The lowest BCUT2D eigenvalue weighted by molar-refractivity contribution is -0.159. The van der Waals surface area contributed by atoms with Crippen LogP contribution in [-0.4, -0.2) is 70.6 Å². The summed E-state index contributed by atoms with van der Waals surface area (Å²) in [5.74, 6) is -3.56. The van der Waals surface area contributed by atoms with Gasteiger partial charge in [-0.05, 0) is 24.6 Å². The first kappa shape index (κ1) is 24.0. The van der Waals surface area contributed by atoms with Crippen LogP contribution < -0.4 is 5.32 Å². The molecule has 2 aromatic rings. The summed E-state index contributed by atoms with van der Waals surface area (Å²) in [4.78, 5) is 35.2. The van der Waals surface area contributed by atoms with Crippen LogP contribution in [0.15, 0.2) is 54.6 Å². The van der Waals surface area contributed by atoms with Crippen LogP contribution in [0.4, 0.5) is 5.69 Å². The van der Waals surface area contributed by atoms with E-state index in [4.69, 9.17) is 19.8 Å². The van der Waals surface area contributed by atoms with Gasteiger partial charge in [-0.3, -0.25) is 9.69 Å². The Morgan fingerprint density at radius 3 is 1.94 bits per heavy atom. The molecule has 166 valence electrons. The van der Waals surface area contributed by atoms with Crippen molar-refractivity contribution in [2.75, 3.05) is 38.0 Å². The number of amides is 1. The number of hydrogen-bond acceptors (Lipinski definition) is 5. The molecule has 3 N–H and O–H groups in total. The Morgan fingerprint density at radius 1 is 0.839 bits per heavy atom. The molecule has 0 radical (unpaired) electrons. The molecular weight excluding hydrogens is 398 g/mol. The van der Waals surface area contributed by atoms with Crippen LogP contribution in [0.3, 0.4) is 0 Å². The number of carbonyl (C=O) groups is 3. The van der Waals surface area contributed by atoms with E-state index in [1.165, 1.54) is 11.1 Å². The van der Waals surface area contributed by atoms with Gasteiger partial charge in [0, 0.05) is 51.4 Å². The number of aryl methyl sites for hydroxylation is 1. The molecule has 0 saturated carbocycles. The molecule has 0 spiro atoms. The zero-order valence-electron chi connectivity index (χ0n) is 17.7. The topological polar surface area (TPSA) is 110 Å². The minimum atomic E-state index is -1.82. The van der Waals surface area contributed by atoms with Crippen LogP contribution in [0.2, 0.25) is 0 Å². The molecule has 3 rings (SSSR count). The van der Waals surface area contributed by atoms with Crippen molar-refractivity contribution in [2.24, 2.45) is 0 Å². The quantitative estimate of drug-likeness (QED) is 0.607. The van der Waals surface area contributed by atoms with Crippen molar-refractivity contribution >= 4 is 23.5 Å². The molecule has 1 aliphatic heterocycles. The smallest absolute Gasteiger partial charge is 0.414 e. The Morgan fingerprint density at radius 2 is 1.39 bits per heavy atom. The molecule has 1 amide bonds. The molecule has 0 aromatic heterocycles. The highest BCUT2D eigenvalue weighted by Gasteiger charge is 2.17. The van der Waals surface area contributed by atoms with Crippen molar-refractivity contribution in [2.45, 2.75) is 19.9 Å². The average Bonchev–Trinajstić information content (AvgIpc) is 2.76. The number of carboxylic acids is 2. The summed E-state index contributed by atoms with van der Waals surface area (Å²) >= 11 is 0. The maximum absolute atomic E-state index is 12.1. The monoisotopic (exact) mass is 427 g/mol. The van der Waals surface area contributed by atoms with Crippen LogP contribution in [-0.2, 0) is 20.9 Å². The molecule has 8 heteroatoms. The van der Waals surface area contributed by atoms with Gasteiger partial charge in [-0.15, -0.1) is 0 Å². The normalized spacial score (nSPS) is 14.2. The lowest BCUT2D eigenvalue weighted by Crippen LogP contribution is -2.46. The Kier molecular flexibility index (Phi) is 9.67. The summed E-state index contributed by atoms with van der Waals surface area (Å²) in [7, 11) is 0. The average molecular weight is 428 g/mol. The fraction of sp³-hybridized carbons (Fsp3) is 0.348. The Balaban J connectivity index is 0.000000501. The highest BCUT2D eigenvalue weighted by Crippen LogP contribution is 2.11. The van der Waals surface area contributed by atoms with Gasteiger partial charge in [-0.2, -0.15) is 0 Å². The van der Waals surface area contributed by atoms with Crippen molar-refractivity contribution in [3.8, 4) is 0 Å². The van der Waals surface area contributed by atoms with E-state index in [9.17, 15) is 4.79 Å². The van der Waals surface area contributed by atoms with Crippen molar-refractivity contribution in [1.82, 2.24) is 9.80 Å². The fourth-order valence-corrected chi connectivity index (χ4v) is 3.13. The summed E-state index contributed by atoms with van der Waals surface area (Å²) in [6, 6.07) is 18.6. The number of nitrogens with one attached hydrogen (secondary N) is 1. The molecule has 31 heavy (non-hydrogen) atoms. The maximum atomic E-state index is 12.1. The molecule has 1 heterocycles. The summed E-state index contributed by atoms with van der Waals surface area (Å²) in [5, 5.41) is 17.8. The van der Waals surface area contributed by atoms with Gasteiger partial charge in [0.25, 0.3) is 0 Å². The van der Waals surface area contributed by atoms with Gasteiger partial charge in [-0.1, -0.05) is 48.0 Å². The van der Waals surface area contributed by atoms with Gasteiger partial charge in [0.05, 0.1) is 0 Å². The molecule has 0 unspecified atom stereocenters. The Hall–Kier alpha value is -3.23. The minimum absolute atomic E-state index is 0.0931. The zero-order chi connectivity index (χ0) is 22.6. The van der Waals surface area contributed by atoms with E-state index in [2.05, 4.69) is 45.4 Å². The summed E-state index contributed by atoms with van der Waals surface area (Å²) in [6.45, 7) is 8.08. The Bertz CT molecular complexity index is 835. The molecule has 0 aliphatic carbocycles. The van der Waals surface area contributed by atoms with Crippen molar-refractivity contribution in [3.05, 3.63) is 65.7 Å². The molecule has 1 aliphatic rings. The number of benzene rings is 2. The van der Waals surface area contributed by atoms with Crippen LogP contribution in [0.5, 0.6) is 0 Å². The number of aliphatic carboxylic acids is 2. The van der Waals surface area contributed by atoms with E-state index in [0.717, 1.165) is 45.0 Å². The first-order chi connectivity index (χ1) is 14.8. The van der Waals surface area contributed by atoms with E-state index in [1.807, 2.05) is 31.2 Å². The summed E-state index contributed by atoms with van der Waals surface area (Å²) in [5.41, 5.74) is 3.45.